The lowest BCUT2D eigenvalue weighted by Gasteiger charge is -2.12. The second-order valence-corrected chi connectivity index (χ2v) is 7.78. The molecule has 1 aliphatic rings. The Morgan fingerprint density at radius 1 is 1.00 bits per heavy atom. The summed E-state index contributed by atoms with van der Waals surface area (Å²) in [5, 5.41) is 4.32. The SMILES string of the molecule is Cl.NC1(c2cccc(NC(=O)Cc3ccc4c(c3)[nH]c3cc(F)c(F)cc34)c2)CC1. The highest BCUT2D eigenvalue weighted by Gasteiger charge is 2.39. The van der Waals surface area contributed by atoms with Crippen LogP contribution in [0.25, 0.3) is 21.8 Å². The normalized spacial score (nSPS) is 14.5. The van der Waals surface area contributed by atoms with Gasteiger partial charge in [-0.15, -0.1) is 12.4 Å². The number of nitrogens with two attached hydrogens (primary N) is 1. The van der Waals surface area contributed by atoms with Crippen molar-refractivity contribution in [3.8, 4) is 0 Å². The van der Waals surface area contributed by atoms with Gasteiger partial charge < -0.3 is 16.0 Å². The maximum atomic E-state index is 13.6. The Morgan fingerprint density at radius 3 is 2.50 bits per heavy atom. The predicted molar refractivity (Wildman–Crippen MR) is 117 cm³/mol. The summed E-state index contributed by atoms with van der Waals surface area (Å²) >= 11 is 0. The van der Waals surface area contributed by atoms with Crippen LogP contribution in [0.1, 0.15) is 24.0 Å². The van der Waals surface area contributed by atoms with Gasteiger partial charge in [0.25, 0.3) is 0 Å². The third-order valence-corrected chi connectivity index (χ3v) is 5.58. The van der Waals surface area contributed by atoms with E-state index < -0.39 is 11.6 Å². The Labute approximate surface area is 177 Å². The van der Waals surface area contributed by atoms with Crippen molar-refractivity contribution < 1.29 is 13.6 Å². The van der Waals surface area contributed by atoms with Crippen molar-refractivity contribution in [1.82, 2.24) is 4.98 Å². The summed E-state index contributed by atoms with van der Waals surface area (Å²) in [5.41, 5.74) is 9.80. The van der Waals surface area contributed by atoms with E-state index in [1.54, 1.807) is 0 Å². The molecule has 4 nitrogen and oxygen atoms in total. The van der Waals surface area contributed by atoms with E-state index in [-0.39, 0.29) is 30.3 Å². The summed E-state index contributed by atoms with van der Waals surface area (Å²) in [6, 6.07) is 15.5. The van der Waals surface area contributed by atoms with Gasteiger partial charge in [0.05, 0.1) is 6.42 Å². The van der Waals surface area contributed by atoms with E-state index in [2.05, 4.69) is 10.3 Å². The first kappa shape index (κ1) is 20.3. The first-order valence-electron chi connectivity index (χ1n) is 9.50. The Balaban J connectivity index is 0.00000218. The summed E-state index contributed by atoms with van der Waals surface area (Å²) in [7, 11) is 0. The summed E-state index contributed by atoms with van der Waals surface area (Å²) < 4.78 is 27.1. The number of aromatic nitrogens is 1. The van der Waals surface area contributed by atoms with E-state index >= 15 is 0 Å². The molecule has 0 saturated heterocycles. The Morgan fingerprint density at radius 2 is 1.73 bits per heavy atom. The van der Waals surface area contributed by atoms with E-state index in [1.165, 1.54) is 6.07 Å². The molecule has 0 unspecified atom stereocenters. The lowest BCUT2D eigenvalue weighted by molar-refractivity contribution is -0.115. The molecule has 0 atom stereocenters. The summed E-state index contributed by atoms with van der Waals surface area (Å²) in [6.07, 6.45) is 2.11. The quantitative estimate of drug-likeness (QED) is 0.421. The molecule has 1 fully saturated rings. The van der Waals surface area contributed by atoms with E-state index in [0.717, 1.165) is 46.6 Å². The molecule has 30 heavy (non-hydrogen) atoms. The maximum absolute atomic E-state index is 13.6. The lowest BCUT2D eigenvalue weighted by Crippen LogP contribution is -2.19. The molecule has 0 bridgehead atoms. The smallest absolute Gasteiger partial charge is 0.228 e. The number of anilines is 1. The van der Waals surface area contributed by atoms with E-state index in [4.69, 9.17) is 5.73 Å². The van der Waals surface area contributed by atoms with Crippen LogP contribution in [0.2, 0.25) is 0 Å². The highest BCUT2D eigenvalue weighted by Crippen LogP contribution is 2.43. The predicted octanol–water partition coefficient (Wildman–Crippen LogP) is 5.15. The fraction of sp³-hybridized carbons (Fsp3) is 0.174. The van der Waals surface area contributed by atoms with Crippen LogP contribution in [-0.4, -0.2) is 10.9 Å². The van der Waals surface area contributed by atoms with E-state index in [0.29, 0.717) is 10.9 Å². The molecule has 1 aliphatic carbocycles. The lowest BCUT2D eigenvalue weighted by atomic mass is 10.0. The summed E-state index contributed by atoms with van der Waals surface area (Å²) in [5.74, 6) is -1.91. The van der Waals surface area contributed by atoms with Crippen LogP contribution in [0.15, 0.2) is 54.6 Å². The Hall–Kier alpha value is -2.96. The van der Waals surface area contributed by atoms with Gasteiger partial charge in [-0.2, -0.15) is 0 Å². The van der Waals surface area contributed by atoms with Crippen LogP contribution in [-0.2, 0) is 16.8 Å². The average molecular weight is 428 g/mol. The molecule has 0 aliphatic heterocycles. The zero-order chi connectivity index (χ0) is 20.2. The first-order valence-corrected chi connectivity index (χ1v) is 9.50. The van der Waals surface area contributed by atoms with Gasteiger partial charge >= 0.3 is 0 Å². The van der Waals surface area contributed by atoms with Crippen molar-refractivity contribution in [2.24, 2.45) is 5.73 Å². The maximum Gasteiger partial charge on any atom is 0.228 e. The van der Waals surface area contributed by atoms with Crippen molar-refractivity contribution in [3.05, 3.63) is 77.4 Å². The minimum absolute atomic E-state index is 0. The number of halogens is 3. The first-order chi connectivity index (χ1) is 13.9. The van der Waals surface area contributed by atoms with Crippen LogP contribution in [0.3, 0.4) is 0 Å². The van der Waals surface area contributed by atoms with Crippen LogP contribution < -0.4 is 11.1 Å². The van der Waals surface area contributed by atoms with Gasteiger partial charge in [0.2, 0.25) is 5.91 Å². The molecule has 5 rings (SSSR count). The number of benzene rings is 3. The zero-order valence-electron chi connectivity index (χ0n) is 16.0. The molecule has 154 valence electrons. The minimum atomic E-state index is -0.892. The van der Waals surface area contributed by atoms with Crippen LogP contribution in [0.4, 0.5) is 14.5 Å². The number of aromatic amines is 1. The average Bonchev–Trinajstić information content (AvgIpc) is 3.35. The molecule has 0 radical (unpaired) electrons. The molecule has 7 heteroatoms. The fourth-order valence-corrected chi connectivity index (χ4v) is 3.78. The number of carbonyl (C=O) groups is 1. The van der Waals surface area contributed by atoms with Gasteiger partial charge in [0.15, 0.2) is 11.6 Å². The second kappa shape index (κ2) is 7.38. The third kappa shape index (κ3) is 3.64. The van der Waals surface area contributed by atoms with Crippen molar-refractivity contribution in [3.63, 3.8) is 0 Å². The van der Waals surface area contributed by atoms with Gasteiger partial charge in [0.1, 0.15) is 0 Å². The monoisotopic (exact) mass is 427 g/mol. The van der Waals surface area contributed by atoms with Gasteiger partial charge in [-0.1, -0.05) is 24.3 Å². The number of hydrogen-bond acceptors (Lipinski definition) is 2. The van der Waals surface area contributed by atoms with Gasteiger partial charge in [-0.05, 0) is 48.2 Å². The van der Waals surface area contributed by atoms with Gasteiger partial charge in [-0.25, -0.2) is 8.78 Å². The number of nitrogens with one attached hydrogen (secondary N) is 2. The largest absolute Gasteiger partial charge is 0.354 e. The van der Waals surface area contributed by atoms with Crippen LogP contribution >= 0.6 is 12.4 Å². The minimum Gasteiger partial charge on any atom is -0.354 e. The standard InChI is InChI=1S/C23H19F2N3O.ClH/c24-18-11-17-16-5-4-13(8-20(16)28-21(17)12-19(18)25)9-22(29)27-15-3-1-2-14(10-15)23(26)6-7-23;/h1-5,8,10-12,28H,6-7,9,26H2,(H,27,29);1H. The van der Waals surface area contributed by atoms with E-state index in [9.17, 15) is 13.6 Å². The topological polar surface area (TPSA) is 70.9 Å². The molecule has 1 heterocycles. The summed E-state index contributed by atoms with van der Waals surface area (Å²) in [6.45, 7) is 0. The molecule has 1 saturated carbocycles. The second-order valence-electron chi connectivity index (χ2n) is 7.78. The molecule has 1 amide bonds. The van der Waals surface area contributed by atoms with Crippen molar-refractivity contribution in [2.45, 2.75) is 24.8 Å². The number of hydrogen-bond donors (Lipinski definition) is 3. The van der Waals surface area contributed by atoms with Gasteiger partial charge in [-0.3, -0.25) is 4.79 Å². The van der Waals surface area contributed by atoms with Crippen molar-refractivity contribution in [1.29, 1.82) is 0 Å². The fourth-order valence-electron chi connectivity index (χ4n) is 3.78. The third-order valence-electron chi connectivity index (χ3n) is 5.58. The van der Waals surface area contributed by atoms with Crippen molar-refractivity contribution in [2.75, 3.05) is 5.32 Å². The van der Waals surface area contributed by atoms with Crippen LogP contribution in [0.5, 0.6) is 0 Å². The molecule has 1 aromatic heterocycles. The van der Waals surface area contributed by atoms with E-state index in [1.807, 2.05) is 42.5 Å². The molecular weight excluding hydrogens is 408 g/mol. The number of H-pyrrole nitrogens is 1. The molecule has 4 aromatic rings. The highest BCUT2D eigenvalue weighted by atomic mass is 35.5. The Kier molecular flexibility index (Phi) is 5.00. The highest BCUT2D eigenvalue weighted by molar-refractivity contribution is 6.07. The molecule has 0 spiro atoms. The molecular formula is C23H20ClF2N3O. The van der Waals surface area contributed by atoms with Gasteiger partial charge in [0, 0.05) is 39.1 Å². The molecule has 4 N–H and O–H groups in total. The number of rotatable bonds is 4. The Bertz CT molecular complexity index is 1280. The number of fused-ring (bicyclic) bond motifs is 3. The molecule has 3 aromatic carbocycles. The number of amides is 1. The summed E-state index contributed by atoms with van der Waals surface area (Å²) in [4.78, 5) is 15.6. The zero-order valence-corrected chi connectivity index (χ0v) is 16.8. The van der Waals surface area contributed by atoms with Crippen molar-refractivity contribution >= 4 is 45.8 Å². The van der Waals surface area contributed by atoms with Crippen LogP contribution in [0, 0.1) is 11.6 Å². The number of carbonyl (C=O) groups excluding carboxylic acids is 1.